The largest absolute Gasteiger partial charge is 0.480 e. The highest BCUT2D eigenvalue weighted by molar-refractivity contribution is 5.80. The second kappa shape index (κ2) is 5.89. The molecule has 5 nitrogen and oxygen atoms in total. The molecule has 0 aromatic heterocycles. The Kier molecular flexibility index (Phi) is 4.78. The fourth-order valence-electron chi connectivity index (χ4n) is 1.82. The Morgan fingerprint density at radius 3 is 2.29 bits per heavy atom. The minimum absolute atomic E-state index is 0.133. The van der Waals surface area contributed by atoms with Crippen molar-refractivity contribution < 1.29 is 14.7 Å². The molecule has 0 unspecified atom stereocenters. The lowest BCUT2D eigenvalue weighted by Gasteiger charge is -2.30. The number of hydrogen-bond donors (Lipinski definition) is 1. The van der Waals surface area contributed by atoms with Crippen LogP contribution >= 0.6 is 0 Å². The van der Waals surface area contributed by atoms with Gasteiger partial charge in [-0.05, 0) is 25.7 Å². The standard InChI is InChI=1S/C12H22N2O3/c1-4-13(8-11(15)16)12(17)14(7-9(2)3)10-5-6-10/h9-10H,4-8H2,1-3H3,(H,15,16). The summed E-state index contributed by atoms with van der Waals surface area (Å²) in [6.07, 6.45) is 2.09. The summed E-state index contributed by atoms with van der Waals surface area (Å²) in [7, 11) is 0. The fourth-order valence-corrected chi connectivity index (χ4v) is 1.82. The van der Waals surface area contributed by atoms with Crippen LogP contribution in [0.15, 0.2) is 0 Å². The van der Waals surface area contributed by atoms with Gasteiger partial charge in [0.15, 0.2) is 0 Å². The van der Waals surface area contributed by atoms with E-state index in [0.29, 0.717) is 25.0 Å². The Hall–Kier alpha value is -1.26. The van der Waals surface area contributed by atoms with E-state index in [9.17, 15) is 9.59 Å². The Bertz CT molecular complexity index is 287. The summed E-state index contributed by atoms with van der Waals surface area (Å²) in [5, 5.41) is 8.77. The lowest BCUT2D eigenvalue weighted by Crippen LogP contribution is -2.47. The number of hydrogen-bond acceptors (Lipinski definition) is 2. The van der Waals surface area contributed by atoms with Crippen molar-refractivity contribution in [3.8, 4) is 0 Å². The van der Waals surface area contributed by atoms with Crippen molar-refractivity contribution in [2.24, 2.45) is 5.92 Å². The molecule has 0 aliphatic heterocycles. The molecule has 1 fully saturated rings. The Morgan fingerprint density at radius 1 is 1.35 bits per heavy atom. The highest BCUT2D eigenvalue weighted by atomic mass is 16.4. The van der Waals surface area contributed by atoms with Gasteiger partial charge in [-0.2, -0.15) is 0 Å². The van der Waals surface area contributed by atoms with Gasteiger partial charge < -0.3 is 14.9 Å². The van der Waals surface area contributed by atoms with E-state index < -0.39 is 5.97 Å². The van der Waals surface area contributed by atoms with Crippen LogP contribution in [0.25, 0.3) is 0 Å². The number of carbonyl (C=O) groups is 2. The van der Waals surface area contributed by atoms with E-state index in [1.165, 1.54) is 4.90 Å². The molecule has 1 saturated carbocycles. The van der Waals surface area contributed by atoms with Gasteiger partial charge in [-0.15, -0.1) is 0 Å². The van der Waals surface area contributed by atoms with Gasteiger partial charge in [0.2, 0.25) is 0 Å². The van der Waals surface area contributed by atoms with Crippen molar-refractivity contribution in [3.05, 3.63) is 0 Å². The first-order valence-electron chi connectivity index (χ1n) is 6.23. The summed E-state index contributed by atoms with van der Waals surface area (Å²) in [5.74, 6) is -0.552. The first-order chi connectivity index (χ1) is 7.95. The molecule has 0 aromatic carbocycles. The van der Waals surface area contributed by atoms with E-state index in [1.807, 2.05) is 4.90 Å². The molecule has 2 amide bonds. The van der Waals surface area contributed by atoms with Crippen molar-refractivity contribution in [2.45, 2.75) is 39.7 Å². The molecule has 0 heterocycles. The molecule has 1 rings (SSSR count). The van der Waals surface area contributed by atoms with Gasteiger partial charge in [-0.25, -0.2) is 4.79 Å². The monoisotopic (exact) mass is 242 g/mol. The van der Waals surface area contributed by atoms with Crippen molar-refractivity contribution >= 4 is 12.0 Å². The smallest absolute Gasteiger partial charge is 0.323 e. The van der Waals surface area contributed by atoms with Gasteiger partial charge in [-0.1, -0.05) is 13.8 Å². The molecule has 0 aromatic rings. The molecule has 5 heteroatoms. The van der Waals surface area contributed by atoms with Crippen LogP contribution in [0.3, 0.4) is 0 Å². The predicted octanol–water partition coefficient (Wildman–Crippen LogP) is 1.63. The van der Waals surface area contributed by atoms with E-state index in [1.54, 1.807) is 6.92 Å². The maximum absolute atomic E-state index is 12.2. The maximum atomic E-state index is 12.2. The molecule has 0 spiro atoms. The minimum atomic E-state index is -0.958. The molecule has 0 radical (unpaired) electrons. The van der Waals surface area contributed by atoms with Crippen LogP contribution in [-0.4, -0.2) is 52.6 Å². The number of aliphatic carboxylic acids is 1. The Morgan fingerprint density at radius 2 is 1.94 bits per heavy atom. The first-order valence-corrected chi connectivity index (χ1v) is 6.23. The number of nitrogens with zero attached hydrogens (tertiary/aromatic N) is 2. The molecule has 17 heavy (non-hydrogen) atoms. The van der Waals surface area contributed by atoms with Gasteiger partial charge >= 0.3 is 12.0 Å². The lowest BCUT2D eigenvalue weighted by atomic mass is 10.2. The number of urea groups is 1. The molecular weight excluding hydrogens is 220 g/mol. The second-order valence-electron chi connectivity index (χ2n) is 4.97. The van der Waals surface area contributed by atoms with Gasteiger partial charge in [0.05, 0.1) is 0 Å². The zero-order valence-electron chi connectivity index (χ0n) is 10.8. The molecule has 1 aliphatic carbocycles. The van der Waals surface area contributed by atoms with Crippen molar-refractivity contribution in [3.63, 3.8) is 0 Å². The Balaban J connectivity index is 2.64. The topological polar surface area (TPSA) is 60.9 Å². The lowest BCUT2D eigenvalue weighted by molar-refractivity contribution is -0.137. The third-order valence-corrected chi connectivity index (χ3v) is 2.77. The molecule has 0 bridgehead atoms. The highest BCUT2D eigenvalue weighted by Gasteiger charge is 2.35. The summed E-state index contributed by atoms with van der Waals surface area (Å²) >= 11 is 0. The van der Waals surface area contributed by atoms with Crippen LogP contribution in [0.5, 0.6) is 0 Å². The van der Waals surface area contributed by atoms with Crippen molar-refractivity contribution in [2.75, 3.05) is 19.6 Å². The van der Waals surface area contributed by atoms with Crippen LogP contribution in [0.2, 0.25) is 0 Å². The second-order valence-corrected chi connectivity index (χ2v) is 4.97. The number of rotatable bonds is 6. The summed E-state index contributed by atoms with van der Waals surface area (Å²) in [6.45, 7) is 6.87. The number of likely N-dealkylation sites (N-methyl/N-ethyl adjacent to an activating group) is 1. The van der Waals surface area contributed by atoms with Crippen LogP contribution in [-0.2, 0) is 4.79 Å². The van der Waals surface area contributed by atoms with Gasteiger partial charge in [0.1, 0.15) is 6.54 Å². The molecule has 1 N–H and O–H groups in total. The minimum Gasteiger partial charge on any atom is -0.480 e. The summed E-state index contributed by atoms with van der Waals surface area (Å²) in [6, 6.07) is 0.193. The summed E-state index contributed by atoms with van der Waals surface area (Å²) in [5.41, 5.74) is 0. The average molecular weight is 242 g/mol. The van der Waals surface area contributed by atoms with E-state index in [-0.39, 0.29) is 12.6 Å². The predicted molar refractivity (Wildman–Crippen MR) is 64.8 cm³/mol. The van der Waals surface area contributed by atoms with Crippen LogP contribution in [0.4, 0.5) is 4.79 Å². The van der Waals surface area contributed by atoms with Crippen molar-refractivity contribution in [1.82, 2.24) is 9.80 Å². The number of carboxylic acids is 1. The van der Waals surface area contributed by atoms with Crippen LogP contribution < -0.4 is 0 Å². The zero-order chi connectivity index (χ0) is 13.0. The SMILES string of the molecule is CCN(CC(=O)O)C(=O)N(CC(C)C)C1CC1. The average Bonchev–Trinajstić information content (AvgIpc) is 3.04. The molecular formula is C12H22N2O3. The van der Waals surface area contributed by atoms with Gasteiger partial charge in [0.25, 0.3) is 0 Å². The van der Waals surface area contributed by atoms with E-state index >= 15 is 0 Å². The van der Waals surface area contributed by atoms with Crippen LogP contribution in [0.1, 0.15) is 33.6 Å². The summed E-state index contributed by atoms with van der Waals surface area (Å²) < 4.78 is 0. The van der Waals surface area contributed by atoms with Crippen molar-refractivity contribution in [1.29, 1.82) is 0 Å². The number of amides is 2. The number of carbonyl (C=O) groups excluding carboxylic acids is 1. The van der Waals surface area contributed by atoms with E-state index in [4.69, 9.17) is 5.11 Å². The normalized spacial score (nSPS) is 14.8. The molecule has 0 saturated heterocycles. The summed E-state index contributed by atoms with van der Waals surface area (Å²) in [4.78, 5) is 26.1. The Labute approximate surface area is 102 Å². The first kappa shape index (κ1) is 13.8. The number of carboxylic acid groups (broad SMARTS) is 1. The van der Waals surface area contributed by atoms with Gasteiger partial charge in [-0.3, -0.25) is 4.79 Å². The molecule has 0 atom stereocenters. The van der Waals surface area contributed by atoms with E-state index in [0.717, 1.165) is 12.8 Å². The molecule has 98 valence electrons. The van der Waals surface area contributed by atoms with E-state index in [2.05, 4.69) is 13.8 Å². The highest BCUT2D eigenvalue weighted by Crippen LogP contribution is 2.28. The van der Waals surface area contributed by atoms with Crippen LogP contribution in [0, 0.1) is 5.92 Å². The van der Waals surface area contributed by atoms with Gasteiger partial charge in [0, 0.05) is 19.1 Å². The third kappa shape index (κ3) is 4.24. The zero-order valence-corrected chi connectivity index (χ0v) is 10.8. The molecule has 1 aliphatic rings. The third-order valence-electron chi connectivity index (χ3n) is 2.77. The maximum Gasteiger partial charge on any atom is 0.323 e. The fraction of sp³-hybridized carbons (Fsp3) is 0.833. The quantitative estimate of drug-likeness (QED) is 0.770.